The van der Waals surface area contributed by atoms with E-state index in [0.717, 1.165) is 24.9 Å². The number of hydrogen-bond acceptors (Lipinski definition) is 3. The van der Waals surface area contributed by atoms with Crippen molar-refractivity contribution in [1.29, 1.82) is 0 Å². The molecule has 0 saturated carbocycles. The molecule has 0 amide bonds. The van der Waals surface area contributed by atoms with E-state index in [2.05, 4.69) is 52.2 Å². The van der Waals surface area contributed by atoms with E-state index in [0.29, 0.717) is 0 Å². The van der Waals surface area contributed by atoms with Gasteiger partial charge in [0.05, 0.1) is 11.2 Å². The maximum Gasteiger partial charge on any atom is 0.0729 e. The zero-order chi connectivity index (χ0) is 12.7. The summed E-state index contributed by atoms with van der Waals surface area (Å²) < 4.78 is 0. The Kier molecular flexibility index (Phi) is 2.38. The first-order chi connectivity index (χ1) is 9.43. The molecule has 0 radical (unpaired) electrons. The number of hydrogen-bond donors (Lipinski definition) is 2. The molecular weight excluding hydrogens is 234 g/mol. The van der Waals surface area contributed by atoms with Gasteiger partial charge in [0.2, 0.25) is 0 Å². The van der Waals surface area contributed by atoms with Gasteiger partial charge < -0.3 is 5.43 Å². The van der Waals surface area contributed by atoms with Gasteiger partial charge in [0, 0.05) is 23.5 Å². The molecule has 0 bridgehead atoms. The molecule has 3 heteroatoms. The van der Waals surface area contributed by atoms with Crippen molar-refractivity contribution in [2.75, 3.05) is 12.0 Å². The van der Waals surface area contributed by atoms with Crippen LogP contribution in [0.4, 0.5) is 5.69 Å². The number of pyridine rings is 1. The Morgan fingerprint density at radius 1 is 1.05 bits per heavy atom. The highest BCUT2D eigenvalue weighted by Crippen LogP contribution is 2.33. The predicted octanol–water partition coefficient (Wildman–Crippen LogP) is 3.25. The molecule has 0 unspecified atom stereocenters. The molecule has 2 heterocycles. The van der Waals surface area contributed by atoms with Crippen LogP contribution in [0, 0.1) is 0 Å². The summed E-state index contributed by atoms with van der Waals surface area (Å²) in [5, 5.41) is 3.68. The largest absolute Gasteiger partial charge is 0.321 e. The molecular formula is C16H15N3. The SMILES string of the molecule is c1ccc2c(c1)cnc1ccc3c(c12)NNCCC3. The average Bonchev–Trinajstić information content (AvgIpc) is 2.72. The van der Waals surface area contributed by atoms with Gasteiger partial charge in [0.15, 0.2) is 0 Å². The van der Waals surface area contributed by atoms with Crippen LogP contribution in [0.1, 0.15) is 12.0 Å². The van der Waals surface area contributed by atoms with Crippen LogP contribution in [0.3, 0.4) is 0 Å². The summed E-state index contributed by atoms with van der Waals surface area (Å²) in [6, 6.07) is 12.8. The van der Waals surface area contributed by atoms with E-state index < -0.39 is 0 Å². The lowest BCUT2D eigenvalue weighted by Crippen LogP contribution is -2.21. The Balaban J connectivity index is 2.15. The topological polar surface area (TPSA) is 37.0 Å². The molecule has 2 aromatic carbocycles. The van der Waals surface area contributed by atoms with E-state index in [9.17, 15) is 0 Å². The number of aryl methyl sites for hydroxylation is 1. The van der Waals surface area contributed by atoms with Gasteiger partial charge in [-0.05, 0) is 29.9 Å². The molecule has 0 spiro atoms. The smallest absolute Gasteiger partial charge is 0.0729 e. The Labute approximate surface area is 111 Å². The summed E-state index contributed by atoms with van der Waals surface area (Å²) in [7, 11) is 0. The molecule has 1 aromatic heterocycles. The average molecular weight is 249 g/mol. The van der Waals surface area contributed by atoms with Gasteiger partial charge >= 0.3 is 0 Å². The first kappa shape index (κ1) is 10.8. The summed E-state index contributed by atoms with van der Waals surface area (Å²) in [6.45, 7) is 0.994. The van der Waals surface area contributed by atoms with E-state index in [1.807, 2.05) is 6.20 Å². The summed E-state index contributed by atoms with van der Waals surface area (Å²) in [4.78, 5) is 4.58. The summed E-state index contributed by atoms with van der Waals surface area (Å²) in [5.74, 6) is 0. The van der Waals surface area contributed by atoms with E-state index >= 15 is 0 Å². The van der Waals surface area contributed by atoms with E-state index in [1.165, 1.54) is 27.4 Å². The van der Waals surface area contributed by atoms with E-state index in [4.69, 9.17) is 0 Å². The van der Waals surface area contributed by atoms with Crippen LogP contribution >= 0.6 is 0 Å². The molecule has 94 valence electrons. The molecule has 3 aromatic rings. The van der Waals surface area contributed by atoms with Crippen molar-refractivity contribution in [1.82, 2.24) is 10.4 Å². The maximum atomic E-state index is 4.58. The van der Waals surface area contributed by atoms with Gasteiger partial charge in [-0.2, -0.15) is 0 Å². The normalized spacial score (nSPS) is 14.9. The second-order valence-electron chi connectivity index (χ2n) is 4.99. The van der Waals surface area contributed by atoms with Gasteiger partial charge in [-0.3, -0.25) is 4.98 Å². The van der Waals surface area contributed by atoms with Crippen LogP contribution in [-0.4, -0.2) is 11.5 Å². The lowest BCUT2D eigenvalue weighted by Gasteiger charge is -2.13. The van der Waals surface area contributed by atoms with Crippen molar-refractivity contribution in [3.63, 3.8) is 0 Å². The number of aromatic nitrogens is 1. The van der Waals surface area contributed by atoms with Gasteiger partial charge in [-0.15, -0.1) is 0 Å². The fourth-order valence-electron chi connectivity index (χ4n) is 2.86. The quantitative estimate of drug-likeness (QED) is 0.600. The second kappa shape index (κ2) is 4.21. The van der Waals surface area contributed by atoms with Crippen molar-refractivity contribution in [2.45, 2.75) is 12.8 Å². The van der Waals surface area contributed by atoms with Crippen LogP contribution in [0.25, 0.3) is 21.7 Å². The highest BCUT2D eigenvalue weighted by atomic mass is 15.4. The molecule has 0 fully saturated rings. The van der Waals surface area contributed by atoms with Gasteiger partial charge in [-0.1, -0.05) is 30.3 Å². The predicted molar refractivity (Wildman–Crippen MR) is 79.2 cm³/mol. The van der Waals surface area contributed by atoms with Crippen LogP contribution in [0.2, 0.25) is 0 Å². The molecule has 0 saturated heterocycles. The molecule has 1 aliphatic rings. The van der Waals surface area contributed by atoms with Crippen molar-refractivity contribution in [3.05, 3.63) is 48.2 Å². The minimum atomic E-state index is 0.994. The fraction of sp³-hybridized carbons (Fsp3) is 0.188. The van der Waals surface area contributed by atoms with E-state index in [1.54, 1.807) is 0 Å². The summed E-state index contributed by atoms with van der Waals surface area (Å²) in [5.41, 5.74) is 10.3. The minimum Gasteiger partial charge on any atom is -0.321 e. The highest BCUT2D eigenvalue weighted by Gasteiger charge is 2.13. The fourth-order valence-corrected chi connectivity index (χ4v) is 2.86. The maximum absolute atomic E-state index is 4.58. The molecule has 0 atom stereocenters. The number of nitrogens with zero attached hydrogens (tertiary/aromatic N) is 1. The number of rotatable bonds is 0. The number of hydrazine groups is 1. The number of nitrogens with one attached hydrogen (secondary N) is 2. The number of fused-ring (bicyclic) bond motifs is 5. The molecule has 4 rings (SSSR count). The summed E-state index contributed by atoms with van der Waals surface area (Å²) in [6.07, 6.45) is 4.21. The van der Waals surface area contributed by atoms with Crippen molar-refractivity contribution in [3.8, 4) is 0 Å². The second-order valence-corrected chi connectivity index (χ2v) is 4.99. The lowest BCUT2D eigenvalue weighted by atomic mass is 10.00. The number of benzene rings is 2. The molecule has 2 N–H and O–H groups in total. The minimum absolute atomic E-state index is 0.994. The first-order valence-corrected chi connectivity index (χ1v) is 6.72. The van der Waals surface area contributed by atoms with Gasteiger partial charge in [0.25, 0.3) is 0 Å². The Morgan fingerprint density at radius 2 is 2.00 bits per heavy atom. The van der Waals surface area contributed by atoms with Crippen molar-refractivity contribution in [2.24, 2.45) is 0 Å². The number of anilines is 1. The Hall–Kier alpha value is -2.13. The van der Waals surface area contributed by atoms with Crippen LogP contribution in [0.15, 0.2) is 42.6 Å². The monoisotopic (exact) mass is 249 g/mol. The zero-order valence-electron chi connectivity index (χ0n) is 10.6. The van der Waals surface area contributed by atoms with Crippen LogP contribution in [0.5, 0.6) is 0 Å². The summed E-state index contributed by atoms with van der Waals surface area (Å²) >= 11 is 0. The van der Waals surface area contributed by atoms with E-state index in [-0.39, 0.29) is 0 Å². The first-order valence-electron chi connectivity index (χ1n) is 6.72. The zero-order valence-corrected chi connectivity index (χ0v) is 10.6. The third kappa shape index (κ3) is 1.66. The molecule has 3 nitrogen and oxygen atoms in total. The molecule has 1 aliphatic heterocycles. The Morgan fingerprint density at radius 3 is 3.00 bits per heavy atom. The Bertz CT molecular complexity index is 764. The van der Waals surface area contributed by atoms with Crippen molar-refractivity contribution < 1.29 is 0 Å². The molecule has 19 heavy (non-hydrogen) atoms. The molecule has 0 aliphatic carbocycles. The highest BCUT2D eigenvalue weighted by molar-refractivity contribution is 6.12. The van der Waals surface area contributed by atoms with Gasteiger partial charge in [0.1, 0.15) is 0 Å². The standard InChI is InChI=1S/C16H15N3/c1-2-6-13-12(4-1)10-17-14-8-7-11-5-3-9-18-19-16(11)15(13)14/h1-2,4,6-8,10,18-19H,3,5,9H2. The third-order valence-corrected chi connectivity index (χ3v) is 3.80. The third-order valence-electron chi connectivity index (χ3n) is 3.80. The van der Waals surface area contributed by atoms with Crippen molar-refractivity contribution >= 4 is 27.4 Å². The van der Waals surface area contributed by atoms with Crippen LogP contribution < -0.4 is 10.9 Å². The van der Waals surface area contributed by atoms with Gasteiger partial charge in [-0.25, -0.2) is 5.43 Å². The van der Waals surface area contributed by atoms with Crippen LogP contribution in [-0.2, 0) is 6.42 Å². The lowest BCUT2D eigenvalue weighted by molar-refractivity contribution is 0.741.